The highest BCUT2D eigenvalue weighted by Gasteiger charge is 2.13. The molecule has 0 spiro atoms. The number of amidine groups is 1. The molecule has 0 radical (unpaired) electrons. The third kappa shape index (κ3) is 5.14. The summed E-state index contributed by atoms with van der Waals surface area (Å²) in [4.78, 5) is 2.00. The highest BCUT2D eigenvalue weighted by Crippen LogP contribution is 2.21. The lowest BCUT2D eigenvalue weighted by Gasteiger charge is -2.22. The zero-order valence-electron chi connectivity index (χ0n) is 12.0. The molecule has 1 rings (SSSR count). The molecule has 0 aliphatic carbocycles. The van der Waals surface area contributed by atoms with Crippen LogP contribution in [0.2, 0.25) is 0 Å². The van der Waals surface area contributed by atoms with E-state index in [1.807, 2.05) is 4.90 Å². The molecule has 1 aromatic rings. The van der Waals surface area contributed by atoms with Crippen molar-refractivity contribution < 1.29 is 13.9 Å². The molecule has 0 aliphatic rings. The molecule has 3 N–H and O–H groups in total. The SMILES string of the molecule is COCCN(CCC(=N)N)Cc1cccc(OC)c1F. The summed E-state index contributed by atoms with van der Waals surface area (Å²) in [6, 6.07) is 5.08. The molecule has 0 fully saturated rings. The average Bonchev–Trinajstić information content (AvgIpc) is 2.43. The second kappa shape index (κ2) is 8.50. The molecule has 0 aliphatic heterocycles. The number of rotatable bonds is 9. The largest absolute Gasteiger partial charge is 0.494 e. The number of hydrogen-bond donors (Lipinski definition) is 2. The fraction of sp³-hybridized carbons (Fsp3) is 0.500. The van der Waals surface area contributed by atoms with Crippen LogP contribution >= 0.6 is 0 Å². The normalized spacial score (nSPS) is 10.8. The van der Waals surface area contributed by atoms with Gasteiger partial charge in [0.1, 0.15) is 0 Å². The molecule has 0 bridgehead atoms. The first kappa shape index (κ1) is 16.4. The molecule has 5 nitrogen and oxygen atoms in total. The Bertz CT molecular complexity index is 440. The Morgan fingerprint density at radius 1 is 1.35 bits per heavy atom. The summed E-state index contributed by atoms with van der Waals surface area (Å²) < 4.78 is 24.1. The van der Waals surface area contributed by atoms with Gasteiger partial charge in [0, 0.05) is 38.7 Å². The first-order valence-electron chi connectivity index (χ1n) is 6.44. The Hall–Kier alpha value is -1.66. The maximum Gasteiger partial charge on any atom is 0.169 e. The molecule has 0 heterocycles. The van der Waals surface area contributed by atoms with E-state index in [4.69, 9.17) is 20.6 Å². The van der Waals surface area contributed by atoms with E-state index in [0.29, 0.717) is 38.2 Å². The minimum Gasteiger partial charge on any atom is -0.494 e. The number of nitrogens with two attached hydrogens (primary N) is 1. The van der Waals surface area contributed by atoms with Gasteiger partial charge in [0.15, 0.2) is 11.6 Å². The van der Waals surface area contributed by atoms with Crippen LogP contribution in [0.5, 0.6) is 5.75 Å². The first-order chi connectivity index (χ1) is 9.58. The molecule has 0 atom stereocenters. The lowest BCUT2D eigenvalue weighted by Crippen LogP contribution is -2.31. The van der Waals surface area contributed by atoms with Crippen molar-refractivity contribution in [2.45, 2.75) is 13.0 Å². The second-order valence-electron chi connectivity index (χ2n) is 4.48. The number of nitrogens with zero attached hydrogens (tertiary/aromatic N) is 1. The van der Waals surface area contributed by atoms with Gasteiger partial charge in [-0.05, 0) is 6.07 Å². The molecule has 0 amide bonds. The van der Waals surface area contributed by atoms with Gasteiger partial charge in [0.2, 0.25) is 0 Å². The molecule has 6 heteroatoms. The summed E-state index contributed by atoms with van der Waals surface area (Å²) in [5.41, 5.74) is 5.93. The third-order valence-corrected chi connectivity index (χ3v) is 2.97. The molecule has 0 saturated heterocycles. The molecule has 112 valence electrons. The Kier molecular flexibility index (Phi) is 6.97. The van der Waals surface area contributed by atoms with Crippen LogP contribution in [0.4, 0.5) is 4.39 Å². The summed E-state index contributed by atoms with van der Waals surface area (Å²) >= 11 is 0. The van der Waals surface area contributed by atoms with Crippen molar-refractivity contribution >= 4 is 5.84 Å². The van der Waals surface area contributed by atoms with Gasteiger partial charge in [-0.15, -0.1) is 0 Å². The first-order valence-corrected chi connectivity index (χ1v) is 6.44. The number of hydrogen-bond acceptors (Lipinski definition) is 4. The van der Waals surface area contributed by atoms with Crippen molar-refractivity contribution in [1.29, 1.82) is 5.41 Å². The van der Waals surface area contributed by atoms with E-state index in [1.165, 1.54) is 7.11 Å². The van der Waals surface area contributed by atoms with E-state index in [9.17, 15) is 4.39 Å². The Balaban J connectivity index is 2.74. The van der Waals surface area contributed by atoms with E-state index in [1.54, 1.807) is 25.3 Å². The molecule has 0 saturated carbocycles. The lowest BCUT2D eigenvalue weighted by atomic mass is 10.1. The number of nitrogens with one attached hydrogen (secondary N) is 1. The van der Waals surface area contributed by atoms with Gasteiger partial charge in [-0.25, -0.2) is 4.39 Å². The van der Waals surface area contributed by atoms with Crippen molar-refractivity contribution in [3.63, 3.8) is 0 Å². The van der Waals surface area contributed by atoms with Crippen LogP contribution in [-0.2, 0) is 11.3 Å². The van der Waals surface area contributed by atoms with E-state index >= 15 is 0 Å². The molecule has 0 aromatic heterocycles. The van der Waals surface area contributed by atoms with Crippen LogP contribution in [0, 0.1) is 11.2 Å². The van der Waals surface area contributed by atoms with Gasteiger partial charge < -0.3 is 15.2 Å². The minimum absolute atomic E-state index is 0.124. The fourth-order valence-corrected chi connectivity index (χ4v) is 1.85. The van der Waals surface area contributed by atoms with Crippen molar-refractivity contribution in [3.05, 3.63) is 29.6 Å². The number of methoxy groups -OCH3 is 2. The Morgan fingerprint density at radius 2 is 2.10 bits per heavy atom. The Labute approximate surface area is 119 Å². The highest BCUT2D eigenvalue weighted by atomic mass is 19.1. The van der Waals surface area contributed by atoms with Crippen LogP contribution in [0.3, 0.4) is 0 Å². The average molecular weight is 283 g/mol. The van der Waals surface area contributed by atoms with Crippen LogP contribution in [-0.4, -0.2) is 44.7 Å². The maximum absolute atomic E-state index is 14.1. The number of benzene rings is 1. The van der Waals surface area contributed by atoms with Gasteiger partial charge in [-0.3, -0.25) is 10.3 Å². The predicted octanol–water partition coefficient (Wildman–Crippen LogP) is 1.61. The van der Waals surface area contributed by atoms with E-state index in [0.717, 1.165) is 0 Å². The van der Waals surface area contributed by atoms with Gasteiger partial charge in [0.25, 0.3) is 0 Å². The topological polar surface area (TPSA) is 71.6 Å². The predicted molar refractivity (Wildman–Crippen MR) is 76.6 cm³/mol. The smallest absolute Gasteiger partial charge is 0.169 e. The van der Waals surface area contributed by atoms with E-state index in [2.05, 4.69) is 0 Å². The quantitative estimate of drug-likeness (QED) is 0.533. The van der Waals surface area contributed by atoms with Crippen LogP contribution in [0.25, 0.3) is 0 Å². The molecule has 20 heavy (non-hydrogen) atoms. The van der Waals surface area contributed by atoms with E-state index in [-0.39, 0.29) is 17.4 Å². The summed E-state index contributed by atoms with van der Waals surface area (Å²) in [6.45, 7) is 2.22. The summed E-state index contributed by atoms with van der Waals surface area (Å²) in [7, 11) is 3.07. The highest BCUT2D eigenvalue weighted by molar-refractivity contribution is 5.76. The fourth-order valence-electron chi connectivity index (χ4n) is 1.85. The standard InChI is InChI=1S/C14H22FN3O2/c1-19-9-8-18(7-6-13(16)17)10-11-4-3-5-12(20-2)14(11)15/h3-5H,6-10H2,1-2H3,(H3,16,17). The summed E-state index contributed by atoms with van der Waals surface area (Å²) in [6.07, 6.45) is 0.454. The van der Waals surface area contributed by atoms with Crippen LogP contribution < -0.4 is 10.5 Å². The summed E-state index contributed by atoms with van der Waals surface area (Å²) in [5, 5.41) is 7.28. The van der Waals surface area contributed by atoms with Crippen molar-refractivity contribution in [3.8, 4) is 5.75 Å². The lowest BCUT2D eigenvalue weighted by molar-refractivity contribution is 0.145. The van der Waals surface area contributed by atoms with Gasteiger partial charge >= 0.3 is 0 Å². The second-order valence-corrected chi connectivity index (χ2v) is 4.48. The van der Waals surface area contributed by atoms with Crippen molar-refractivity contribution in [2.75, 3.05) is 33.9 Å². The molecule has 0 unspecified atom stereocenters. The van der Waals surface area contributed by atoms with Crippen molar-refractivity contribution in [1.82, 2.24) is 4.90 Å². The zero-order valence-corrected chi connectivity index (χ0v) is 12.0. The zero-order chi connectivity index (χ0) is 15.0. The third-order valence-electron chi connectivity index (χ3n) is 2.97. The molecular weight excluding hydrogens is 261 g/mol. The van der Waals surface area contributed by atoms with Gasteiger partial charge in [-0.1, -0.05) is 12.1 Å². The van der Waals surface area contributed by atoms with E-state index < -0.39 is 0 Å². The van der Waals surface area contributed by atoms with Crippen molar-refractivity contribution in [2.24, 2.45) is 5.73 Å². The van der Waals surface area contributed by atoms with Crippen LogP contribution in [0.15, 0.2) is 18.2 Å². The molecule has 1 aromatic carbocycles. The van der Waals surface area contributed by atoms with Gasteiger partial charge in [0.05, 0.1) is 19.6 Å². The van der Waals surface area contributed by atoms with Crippen LogP contribution in [0.1, 0.15) is 12.0 Å². The minimum atomic E-state index is -0.347. The maximum atomic E-state index is 14.1. The number of halogens is 1. The van der Waals surface area contributed by atoms with Gasteiger partial charge in [-0.2, -0.15) is 0 Å². The number of ether oxygens (including phenoxy) is 2. The Morgan fingerprint density at radius 3 is 2.70 bits per heavy atom. The monoisotopic (exact) mass is 283 g/mol. The molecular formula is C14H22FN3O2. The summed E-state index contributed by atoms with van der Waals surface area (Å²) in [5.74, 6) is 0.0135.